The maximum atomic E-state index is 13.8. The van der Waals surface area contributed by atoms with Gasteiger partial charge in [0.25, 0.3) is 11.1 Å². The van der Waals surface area contributed by atoms with Crippen LogP contribution in [0.5, 0.6) is 0 Å². The van der Waals surface area contributed by atoms with Crippen molar-refractivity contribution >= 4 is 40.6 Å². The number of amides is 2. The second-order valence-electron chi connectivity index (χ2n) is 5.02. The van der Waals surface area contributed by atoms with E-state index in [9.17, 15) is 18.4 Å². The molecule has 122 valence electrons. The molecule has 0 saturated carbocycles. The van der Waals surface area contributed by atoms with Crippen molar-refractivity contribution in [2.45, 2.75) is 6.54 Å². The summed E-state index contributed by atoms with van der Waals surface area (Å²) in [5.74, 6) is -1.51. The van der Waals surface area contributed by atoms with Crippen molar-refractivity contribution in [1.82, 2.24) is 4.90 Å². The van der Waals surface area contributed by atoms with Gasteiger partial charge in [0.1, 0.15) is 11.6 Å². The maximum Gasteiger partial charge on any atom is 0.293 e. The van der Waals surface area contributed by atoms with E-state index in [2.05, 4.69) is 0 Å². The highest BCUT2D eigenvalue weighted by atomic mass is 35.5. The van der Waals surface area contributed by atoms with Gasteiger partial charge in [-0.1, -0.05) is 29.8 Å². The highest BCUT2D eigenvalue weighted by Crippen LogP contribution is 2.34. The minimum absolute atomic E-state index is 0.0875. The molecule has 24 heavy (non-hydrogen) atoms. The summed E-state index contributed by atoms with van der Waals surface area (Å²) in [6, 6.07) is 9.67. The molecule has 0 atom stereocenters. The Bertz CT molecular complexity index is 832. The fraction of sp³-hybridized carbons (Fsp3) is 0.0588. The van der Waals surface area contributed by atoms with Crippen molar-refractivity contribution in [3.8, 4) is 0 Å². The number of halogens is 3. The quantitative estimate of drug-likeness (QED) is 0.729. The van der Waals surface area contributed by atoms with E-state index in [4.69, 9.17) is 11.6 Å². The molecule has 2 aromatic rings. The van der Waals surface area contributed by atoms with E-state index in [1.807, 2.05) is 0 Å². The second kappa shape index (κ2) is 6.75. The molecule has 0 spiro atoms. The van der Waals surface area contributed by atoms with Crippen LogP contribution < -0.4 is 0 Å². The zero-order valence-electron chi connectivity index (χ0n) is 12.1. The van der Waals surface area contributed by atoms with Crippen LogP contribution in [0.4, 0.5) is 13.6 Å². The van der Waals surface area contributed by atoms with Gasteiger partial charge in [-0.25, -0.2) is 8.78 Å². The fourth-order valence-electron chi connectivity index (χ4n) is 2.19. The SMILES string of the molecule is O=C1S/C(=C\c2ccc(F)cc2)C(=O)N1Cc1c(F)cccc1Cl. The molecule has 3 nitrogen and oxygen atoms in total. The van der Waals surface area contributed by atoms with Crippen LogP contribution in [0, 0.1) is 11.6 Å². The van der Waals surface area contributed by atoms with Crippen LogP contribution in [-0.4, -0.2) is 16.0 Å². The maximum absolute atomic E-state index is 13.8. The van der Waals surface area contributed by atoms with Gasteiger partial charge >= 0.3 is 0 Å². The first kappa shape index (κ1) is 16.7. The molecule has 1 aliphatic rings. The average molecular weight is 366 g/mol. The van der Waals surface area contributed by atoms with Gasteiger partial charge in [-0.05, 0) is 47.7 Å². The summed E-state index contributed by atoms with van der Waals surface area (Å²) in [6.07, 6.45) is 1.49. The first-order valence-corrected chi connectivity index (χ1v) is 8.09. The Labute approximate surface area is 145 Å². The molecule has 3 rings (SSSR count). The monoisotopic (exact) mass is 365 g/mol. The van der Waals surface area contributed by atoms with Gasteiger partial charge in [0.15, 0.2) is 0 Å². The summed E-state index contributed by atoms with van der Waals surface area (Å²) in [6.45, 7) is -0.239. The third-order valence-corrected chi connectivity index (χ3v) is 4.68. The molecular weight excluding hydrogens is 356 g/mol. The normalized spacial score (nSPS) is 16.3. The number of carbonyl (C=O) groups excluding carboxylic acids is 2. The van der Waals surface area contributed by atoms with Crippen LogP contribution in [0.2, 0.25) is 5.02 Å². The van der Waals surface area contributed by atoms with Crippen molar-refractivity contribution in [3.05, 3.63) is 75.2 Å². The van der Waals surface area contributed by atoms with Gasteiger partial charge in [-0.3, -0.25) is 14.5 Å². The van der Waals surface area contributed by atoms with E-state index < -0.39 is 22.8 Å². The van der Waals surface area contributed by atoms with Crippen LogP contribution in [0.3, 0.4) is 0 Å². The summed E-state index contributed by atoms with van der Waals surface area (Å²) in [5, 5.41) is -0.357. The Morgan fingerprint density at radius 3 is 2.46 bits per heavy atom. The van der Waals surface area contributed by atoms with E-state index in [0.29, 0.717) is 5.56 Å². The van der Waals surface area contributed by atoms with Crippen LogP contribution in [0.1, 0.15) is 11.1 Å². The first-order chi connectivity index (χ1) is 11.5. The molecule has 1 heterocycles. The molecule has 2 amide bonds. The molecule has 1 fully saturated rings. The number of benzene rings is 2. The molecule has 0 aliphatic carbocycles. The lowest BCUT2D eigenvalue weighted by Crippen LogP contribution is -2.28. The van der Waals surface area contributed by atoms with Crippen molar-refractivity contribution in [1.29, 1.82) is 0 Å². The summed E-state index contributed by atoms with van der Waals surface area (Å²) >= 11 is 6.69. The van der Waals surface area contributed by atoms with E-state index in [0.717, 1.165) is 16.7 Å². The molecule has 1 aliphatic heterocycles. The molecule has 0 N–H and O–H groups in total. The lowest BCUT2D eigenvalue weighted by atomic mass is 10.2. The summed E-state index contributed by atoms with van der Waals surface area (Å²) in [4.78, 5) is 25.6. The van der Waals surface area contributed by atoms with Crippen LogP contribution in [0.15, 0.2) is 47.4 Å². The van der Waals surface area contributed by atoms with Gasteiger partial charge in [0, 0.05) is 10.6 Å². The van der Waals surface area contributed by atoms with Crippen molar-refractivity contribution in [2.75, 3.05) is 0 Å². The Hall–Kier alpha value is -2.18. The molecule has 0 unspecified atom stereocenters. The standard InChI is InChI=1S/C17H10ClF2NO2S/c18-13-2-1-3-14(20)12(13)9-21-16(22)15(24-17(21)23)8-10-4-6-11(19)7-5-10/h1-8H,9H2/b15-8-. The number of hydrogen-bond donors (Lipinski definition) is 0. The Morgan fingerprint density at radius 2 is 1.79 bits per heavy atom. The first-order valence-electron chi connectivity index (χ1n) is 6.89. The zero-order chi connectivity index (χ0) is 17.3. The summed E-state index contributed by atoms with van der Waals surface area (Å²) < 4.78 is 26.8. The van der Waals surface area contributed by atoms with Crippen LogP contribution in [0.25, 0.3) is 6.08 Å². The molecule has 7 heteroatoms. The average Bonchev–Trinajstić information content (AvgIpc) is 2.80. The summed E-state index contributed by atoms with van der Waals surface area (Å²) in [5.41, 5.74) is 0.676. The van der Waals surface area contributed by atoms with Gasteiger partial charge in [-0.2, -0.15) is 0 Å². The number of rotatable bonds is 3. The zero-order valence-corrected chi connectivity index (χ0v) is 13.7. The van der Waals surface area contributed by atoms with Crippen LogP contribution in [-0.2, 0) is 11.3 Å². The third-order valence-electron chi connectivity index (χ3n) is 3.42. The number of thioether (sulfide) groups is 1. The minimum atomic E-state index is -0.580. The molecular formula is C17H10ClF2NO2S. The minimum Gasteiger partial charge on any atom is -0.268 e. The van der Waals surface area contributed by atoms with E-state index in [1.165, 1.54) is 48.5 Å². The van der Waals surface area contributed by atoms with E-state index in [-0.39, 0.29) is 22.0 Å². The third kappa shape index (κ3) is 3.34. The Kier molecular flexibility index (Phi) is 4.69. The molecule has 0 bridgehead atoms. The largest absolute Gasteiger partial charge is 0.293 e. The van der Waals surface area contributed by atoms with Gasteiger partial charge in [-0.15, -0.1) is 0 Å². The molecule has 2 aromatic carbocycles. The van der Waals surface area contributed by atoms with E-state index in [1.54, 1.807) is 0 Å². The number of carbonyl (C=O) groups is 2. The molecule has 0 radical (unpaired) electrons. The van der Waals surface area contributed by atoms with Gasteiger partial charge in [0.2, 0.25) is 0 Å². The second-order valence-corrected chi connectivity index (χ2v) is 6.42. The van der Waals surface area contributed by atoms with Gasteiger partial charge < -0.3 is 0 Å². The number of imide groups is 1. The van der Waals surface area contributed by atoms with Crippen LogP contribution >= 0.6 is 23.4 Å². The van der Waals surface area contributed by atoms with Crippen molar-refractivity contribution in [2.24, 2.45) is 0 Å². The molecule has 0 aromatic heterocycles. The lowest BCUT2D eigenvalue weighted by molar-refractivity contribution is -0.123. The van der Waals surface area contributed by atoms with Crippen molar-refractivity contribution < 1.29 is 18.4 Å². The summed E-state index contributed by atoms with van der Waals surface area (Å²) in [7, 11) is 0. The predicted molar refractivity (Wildman–Crippen MR) is 89.3 cm³/mol. The fourth-order valence-corrected chi connectivity index (χ4v) is 3.25. The Balaban J connectivity index is 1.85. The molecule has 1 saturated heterocycles. The highest BCUT2D eigenvalue weighted by Gasteiger charge is 2.35. The predicted octanol–water partition coefficient (Wildman–Crippen LogP) is 4.85. The van der Waals surface area contributed by atoms with Crippen molar-refractivity contribution in [3.63, 3.8) is 0 Å². The van der Waals surface area contributed by atoms with Gasteiger partial charge in [0.05, 0.1) is 11.4 Å². The number of hydrogen-bond acceptors (Lipinski definition) is 3. The smallest absolute Gasteiger partial charge is 0.268 e. The topological polar surface area (TPSA) is 37.4 Å². The Morgan fingerprint density at radius 1 is 1.08 bits per heavy atom. The number of nitrogens with zero attached hydrogens (tertiary/aromatic N) is 1. The van der Waals surface area contributed by atoms with E-state index >= 15 is 0 Å². The lowest BCUT2D eigenvalue weighted by Gasteiger charge is -2.14. The highest BCUT2D eigenvalue weighted by molar-refractivity contribution is 8.18.